The maximum Gasteiger partial charge on any atom is 0.256 e. The molecule has 1 heterocycles. The van der Waals surface area contributed by atoms with Gasteiger partial charge in [0.05, 0.1) is 17.6 Å². The quantitative estimate of drug-likeness (QED) is 0.100. The van der Waals surface area contributed by atoms with Crippen LogP contribution in [0.2, 0.25) is 0 Å². The summed E-state index contributed by atoms with van der Waals surface area (Å²) in [5, 5.41) is 5.07. The first-order valence-corrected chi connectivity index (χ1v) is 16.0. The fourth-order valence-corrected chi connectivity index (χ4v) is 5.69. The molecule has 1 aromatic heterocycles. The topological polar surface area (TPSA) is 59.3 Å². The number of amides is 1. The minimum absolute atomic E-state index is 0. The van der Waals surface area contributed by atoms with Gasteiger partial charge >= 0.3 is 0 Å². The van der Waals surface area contributed by atoms with Gasteiger partial charge in [-0.2, -0.15) is 4.57 Å². The molecule has 41 heavy (non-hydrogen) atoms. The Morgan fingerprint density at radius 3 is 2.10 bits per heavy atom. The summed E-state index contributed by atoms with van der Waals surface area (Å²) in [5.74, 6) is 0.313. The number of ether oxygens (including phenoxy) is 1. The number of carbonyl (C=O) groups is 2. The Labute approximate surface area is 261 Å². The van der Waals surface area contributed by atoms with E-state index in [4.69, 9.17) is 4.74 Å². The van der Waals surface area contributed by atoms with Crippen LogP contribution in [0.25, 0.3) is 0 Å². The Bertz CT molecular complexity index is 1210. The van der Waals surface area contributed by atoms with Gasteiger partial charge < -0.3 is 27.0 Å². The van der Waals surface area contributed by atoms with Crippen molar-refractivity contribution in [3.05, 3.63) is 75.7 Å². The number of nitrogens with zero attached hydrogens (tertiary/aromatic N) is 1. The van der Waals surface area contributed by atoms with Gasteiger partial charge in [-0.3, -0.25) is 9.59 Å². The van der Waals surface area contributed by atoms with Crippen LogP contribution in [0.1, 0.15) is 123 Å². The predicted octanol–water partition coefficient (Wildman–Crippen LogP) is 5.93. The third-order valence-corrected chi connectivity index (χ3v) is 8.21. The van der Waals surface area contributed by atoms with E-state index >= 15 is 0 Å². The third kappa shape index (κ3) is 12.1. The third-order valence-electron chi connectivity index (χ3n) is 7.35. The highest BCUT2D eigenvalue weighted by Gasteiger charge is 2.17. The second-order valence-electron chi connectivity index (χ2n) is 10.7. The minimum atomic E-state index is -0.191. The SMILES string of the molecule is CCCCCCCCCCCCCCOc1ccc(NC(=O)c2ccccc2C[n+]2cscc2C)cc1C(C)=O.[Br-]. The van der Waals surface area contributed by atoms with Crippen LogP contribution in [-0.2, 0) is 6.54 Å². The van der Waals surface area contributed by atoms with Crippen LogP contribution in [-0.4, -0.2) is 18.3 Å². The molecule has 0 saturated carbocycles. The number of aromatic nitrogens is 1. The van der Waals surface area contributed by atoms with E-state index in [2.05, 4.69) is 34.6 Å². The van der Waals surface area contributed by atoms with Crippen LogP contribution >= 0.6 is 11.3 Å². The second-order valence-corrected chi connectivity index (χ2v) is 11.5. The highest BCUT2D eigenvalue weighted by Crippen LogP contribution is 2.25. The van der Waals surface area contributed by atoms with Crippen molar-refractivity contribution >= 4 is 28.7 Å². The number of halogens is 1. The lowest BCUT2D eigenvalue weighted by Gasteiger charge is -2.13. The Balaban J connectivity index is 0.00000588. The van der Waals surface area contributed by atoms with Crippen molar-refractivity contribution in [1.82, 2.24) is 0 Å². The summed E-state index contributed by atoms with van der Waals surface area (Å²) < 4.78 is 8.12. The predicted molar refractivity (Wildman–Crippen MR) is 166 cm³/mol. The molecule has 5 nitrogen and oxygen atoms in total. The van der Waals surface area contributed by atoms with Gasteiger partial charge in [0.1, 0.15) is 5.75 Å². The van der Waals surface area contributed by atoms with Gasteiger partial charge in [-0.1, -0.05) is 107 Å². The van der Waals surface area contributed by atoms with Crippen molar-refractivity contribution < 1.29 is 35.9 Å². The number of carbonyl (C=O) groups excluding carboxylic acids is 2. The van der Waals surface area contributed by atoms with Gasteiger partial charge in [0.15, 0.2) is 18.0 Å². The Kier molecular flexibility index (Phi) is 16.6. The van der Waals surface area contributed by atoms with Crippen molar-refractivity contribution in [3.63, 3.8) is 0 Å². The molecule has 0 radical (unpaired) electrons. The van der Waals surface area contributed by atoms with Crippen LogP contribution in [0.5, 0.6) is 5.75 Å². The average Bonchev–Trinajstić information content (AvgIpc) is 3.35. The Morgan fingerprint density at radius 1 is 0.854 bits per heavy atom. The summed E-state index contributed by atoms with van der Waals surface area (Å²) in [7, 11) is 0. The van der Waals surface area contributed by atoms with Crippen LogP contribution in [0.3, 0.4) is 0 Å². The van der Waals surface area contributed by atoms with E-state index in [9.17, 15) is 9.59 Å². The molecule has 0 bridgehead atoms. The molecular formula is C34H47BrN2O3S. The van der Waals surface area contributed by atoms with E-state index in [0.29, 0.717) is 35.7 Å². The van der Waals surface area contributed by atoms with Gasteiger partial charge in [-0.25, -0.2) is 0 Å². The lowest BCUT2D eigenvalue weighted by Crippen LogP contribution is -3.00. The highest BCUT2D eigenvalue weighted by atomic mass is 79.9. The number of nitrogens with one attached hydrogen (secondary N) is 1. The minimum Gasteiger partial charge on any atom is -1.00 e. The first-order valence-electron chi connectivity index (χ1n) is 15.1. The van der Waals surface area contributed by atoms with Gasteiger partial charge in [-0.15, -0.1) is 0 Å². The molecule has 2 aromatic carbocycles. The van der Waals surface area contributed by atoms with Crippen LogP contribution in [0, 0.1) is 6.92 Å². The smallest absolute Gasteiger partial charge is 0.256 e. The summed E-state index contributed by atoms with van der Waals surface area (Å²) in [6.07, 6.45) is 15.6. The largest absolute Gasteiger partial charge is 1.00 e. The fourth-order valence-electron chi connectivity index (χ4n) is 4.91. The average molecular weight is 644 g/mol. The van der Waals surface area contributed by atoms with Crippen LogP contribution in [0.4, 0.5) is 5.69 Å². The number of unbranched alkanes of at least 4 members (excludes halogenated alkanes) is 11. The summed E-state index contributed by atoms with van der Waals surface area (Å²) in [6, 6.07) is 13.0. The van der Waals surface area contributed by atoms with E-state index in [1.807, 2.05) is 30.3 Å². The number of hydrogen-bond acceptors (Lipinski definition) is 4. The van der Waals surface area contributed by atoms with Crippen molar-refractivity contribution in [3.8, 4) is 5.75 Å². The molecule has 3 aromatic rings. The van der Waals surface area contributed by atoms with E-state index in [0.717, 1.165) is 24.1 Å². The first-order chi connectivity index (χ1) is 19.5. The zero-order valence-corrected chi connectivity index (χ0v) is 27.5. The maximum atomic E-state index is 13.2. The molecular weight excluding hydrogens is 596 g/mol. The molecule has 0 spiro atoms. The molecule has 3 rings (SSSR count). The molecule has 0 saturated heterocycles. The number of benzene rings is 2. The normalized spacial score (nSPS) is 10.7. The van der Waals surface area contributed by atoms with Crippen molar-refractivity contribution in [2.24, 2.45) is 0 Å². The van der Waals surface area contributed by atoms with E-state index in [1.165, 1.54) is 71.1 Å². The number of hydrogen-bond donors (Lipinski definition) is 1. The maximum absolute atomic E-state index is 13.2. The second kappa shape index (κ2) is 19.6. The van der Waals surface area contributed by atoms with Gasteiger partial charge in [0, 0.05) is 23.7 Å². The molecule has 0 aliphatic rings. The number of anilines is 1. The molecule has 0 aliphatic carbocycles. The van der Waals surface area contributed by atoms with Crippen molar-refractivity contribution in [2.45, 2.75) is 104 Å². The highest BCUT2D eigenvalue weighted by molar-refractivity contribution is 7.07. The van der Waals surface area contributed by atoms with E-state index in [-0.39, 0.29) is 28.7 Å². The zero-order valence-electron chi connectivity index (χ0n) is 25.1. The van der Waals surface area contributed by atoms with E-state index < -0.39 is 0 Å². The summed E-state index contributed by atoms with van der Waals surface area (Å²) in [5.41, 5.74) is 5.86. The van der Waals surface area contributed by atoms with Gasteiger partial charge in [-0.05, 0) is 37.6 Å². The summed E-state index contributed by atoms with van der Waals surface area (Å²) in [4.78, 5) is 25.6. The molecule has 1 amide bonds. The first kappa shape index (κ1) is 34.7. The fraction of sp³-hybridized carbons (Fsp3) is 0.500. The summed E-state index contributed by atoms with van der Waals surface area (Å²) >= 11 is 1.64. The van der Waals surface area contributed by atoms with E-state index in [1.54, 1.807) is 23.5 Å². The van der Waals surface area contributed by atoms with Crippen LogP contribution < -0.4 is 31.6 Å². The molecule has 0 unspecified atom stereocenters. The van der Waals surface area contributed by atoms with Gasteiger partial charge in [0.2, 0.25) is 5.51 Å². The Hall–Kier alpha value is -2.51. The lowest BCUT2D eigenvalue weighted by molar-refractivity contribution is -0.689. The summed E-state index contributed by atoms with van der Waals surface area (Å²) in [6.45, 7) is 7.08. The number of aryl methyl sites for hydroxylation is 1. The molecule has 0 atom stereocenters. The van der Waals surface area contributed by atoms with Crippen molar-refractivity contribution in [2.75, 3.05) is 11.9 Å². The number of ketones is 1. The van der Waals surface area contributed by atoms with Crippen LogP contribution in [0.15, 0.2) is 53.4 Å². The standard InChI is InChI=1S/C34H46N2O3S.BrH/c1-4-5-6-7-8-9-10-11-12-13-14-17-22-39-33-21-20-30(23-32(33)28(3)37)35-34(38)31-19-16-15-18-29(31)24-36-26-40-25-27(36)2;/h15-16,18-21,23,25-26H,4-14,17,22,24H2,1-3H3;1H. The molecule has 1 N–H and O–H groups in total. The number of rotatable bonds is 19. The molecule has 0 aliphatic heterocycles. The lowest BCUT2D eigenvalue weighted by atomic mass is 10.1. The van der Waals surface area contributed by atoms with Gasteiger partial charge in [0.25, 0.3) is 5.91 Å². The number of thiazole rings is 1. The number of Topliss-reactive ketones (excluding diaryl/α,β-unsaturated/α-hetero) is 1. The molecule has 0 fully saturated rings. The molecule has 224 valence electrons. The molecule has 7 heteroatoms. The Morgan fingerprint density at radius 2 is 1.49 bits per heavy atom. The monoisotopic (exact) mass is 642 g/mol. The van der Waals surface area contributed by atoms with Crippen molar-refractivity contribution in [1.29, 1.82) is 0 Å². The zero-order chi connectivity index (χ0) is 28.6.